The van der Waals surface area contributed by atoms with Crippen LogP contribution in [0.25, 0.3) is 11.1 Å². The summed E-state index contributed by atoms with van der Waals surface area (Å²) in [5, 5.41) is 8.81. The van der Waals surface area contributed by atoms with Gasteiger partial charge in [0.2, 0.25) is 11.8 Å². The summed E-state index contributed by atoms with van der Waals surface area (Å²) < 4.78 is 39.1. The maximum absolute atomic E-state index is 13.0. The lowest BCUT2D eigenvalue weighted by Gasteiger charge is -2.16. The highest BCUT2D eigenvalue weighted by atomic mass is 19.4. The minimum Gasteiger partial charge on any atom is -0.366 e. The number of alkyl halides is 3. The second-order valence-electron chi connectivity index (χ2n) is 8.23. The second-order valence-corrected chi connectivity index (χ2v) is 8.23. The summed E-state index contributed by atoms with van der Waals surface area (Å²) in [4.78, 5) is 36.7. The van der Waals surface area contributed by atoms with Gasteiger partial charge in [0.15, 0.2) is 6.04 Å². The van der Waals surface area contributed by atoms with Crippen LogP contribution in [0.2, 0.25) is 0 Å². The predicted molar refractivity (Wildman–Crippen MR) is 123 cm³/mol. The zero-order valence-corrected chi connectivity index (χ0v) is 18.9. The number of primary amides is 2. The molecular formula is C25H20F3N5O3. The summed E-state index contributed by atoms with van der Waals surface area (Å²) in [6, 6.07) is 13.1. The Morgan fingerprint density at radius 2 is 1.69 bits per heavy atom. The van der Waals surface area contributed by atoms with E-state index < -0.39 is 35.5 Å². The van der Waals surface area contributed by atoms with E-state index in [2.05, 4.69) is 10.3 Å². The van der Waals surface area contributed by atoms with E-state index in [0.717, 1.165) is 22.7 Å². The van der Waals surface area contributed by atoms with Gasteiger partial charge in [0.1, 0.15) is 0 Å². The van der Waals surface area contributed by atoms with Crippen LogP contribution >= 0.6 is 0 Å². The number of hydrogen-bond donors (Lipinski definition) is 2. The van der Waals surface area contributed by atoms with Gasteiger partial charge in [-0.3, -0.25) is 14.4 Å². The van der Waals surface area contributed by atoms with Crippen LogP contribution in [0.5, 0.6) is 0 Å². The second kappa shape index (κ2) is 9.25. The summed E-state index contributed by atoms with van der Waals surface area (Å²) in [5.41, 5.74) is 12.6. The van der Waals surface area contributed by atoms with Crippen molar-refractivity contribution in [3.8, 4) is 11.1 Å². The highest BCUT2D eigenvalue weighted by molar-refractivity contribution is 6.10. The molecule has 4 N–H and O–H groups in total. The van der Waals surface area contributed by atoms with E-state index >= 15 is 0 Å². The Kier molecular flexibility index (Phi) is 6.32. The molecule has 0 bridgehead atoms. The molecule has 3 amide bonds. The van der Waals surface area contributed by atoms with Gasteiger partial charge in [-0.25, -0.2) is 5.01 Å². The molecular weight excluding hydrogens is 475 g/mol. The lowest BCUT2D eigenvalue weighted by atomic mass is 9.91. The van der Waals surface area contributed by atoms with Crippen LogP contribution < -0.4 is 11.5 Å². The summed E-state index contributed by atoms with van der Waals surface area (Å²) in [5.74, 6) is -2.14. The van der Waals surface area contributed by atoms with Crippen molar-refractivity contribution in [1.29, 1.82) is 0 Å². The number of amides is 3. The summed E-state index contributed by atoms with van der Waals surface area (Å²) >= 11 is 0. The molecule has 11 heteroatoms. The molecule has 1 aliphatic rings. The molecule has 0 aliphatic carbocycles. The van der Waals surface area contributed by atoms with Gasteiger partial charge in [0.25, 0.3) is 5.91 Å². The summed E-state index contributed by atoms with van der Waals surface area (Å²) in [6.45, 7) is 1.81. The first kappa shape index (κ1) is 24.6. The van der Waals surface area contributed by atoms with Crippen molar-refractivity contribution in [2.75, 3.05) is 0 Å². The fourth-order valence-electron chi connectivity index (χ4n) is 4.10. The Labute approximate surface area is 203 Å². The molecule has 4 rings (SSSR count). The Morgan fingerprint density at radius 1 is 0.972 bits per heavy atom. The highest BCUT2D eigenvalue weighted by Gasteiger charge is 2.35. The van der Waals surface area contributed by atoms with Crippen LogP contribution in [-0.2, 0) is 17.5 Å². The van der Waals surface area contributed by atoms with E-state index in [4.69, 9.17) is 11.5 Å². The SMILES string of the molecule is Cc1cc(CN2N=NC(c3cccc(C(F)(F)F)c3)C2=O)ccc1-c1cccc(C(N)=O)c1C(N)=O. The van der Waals surface area contributed by atoms with E-state index in [0.29, 0.717) is 16.7 Å². The van der Waals surface area contributed by atoms with E-state index in [1.807, 2.05) is 0 Å². The molecule has 3 aromatic rings. The number of carbonyl (C=O) groups excluding carboxylic acids is 3. The van der Waals surface area contributed by atoms with Crippen molar-refractivity contribution in [2.45, 2.75) is 25.7 Å². The van der Waals surface area contributed by atoms with Crippen LogP contribution in [-0.4, -0.2) is 22.7 Å². The van der Waals surface area contributed by atoms with Gasteiger partial charge in [0.05, 0.1) is 23.2 Å². The minimum atomic E-state index is -4.54. The molecule has 0 radical (unpaired) electrons. The normalized spacial score (nSPS) is 15.4. The molecule has 0 spiro atoms. The van der Waals surface area contributed by atoms with Gasteiger partial charge in [-0.2, -0.15) is 18.3 Å². The Hall–Kier alpha value is -4.54. The molecule has 3 aromatic carbocycles. The summed E-state index contributed by atoms with van der Waals surface area (Å²) in [6.07, 6.45) is -4.54. The van der Waals surface area contributed by atoms with Crippen LogP contribution in [0.1, 0.15) is 49.0 Å². The van der Waals surface area contributed by atoms with E-state index in [1.54, 1.807) is 37.3 Å². The monoisotopic (exact) mass is 495 g/mol. The Bertz CT molecular complexity index is 1420. The number of nitrogens with two attached hydrogens (primary N) is 2. The third-order valence-corrected chi connectivity index (χ3v) is 5.78. The zero-order chi connectivity index (χ0) is 26.2. The molecule has 0 aromatic heterocycles. The average molecular weight is 495 g/mol. The van der Waals surface area contributed by atoms with Crippen molar-refractivity contribution in [1.82, 2.24) is 5.01 Å². The first-order valence-electron chi connectivity index (χ1n) is 10.7. The van der Waals surface area contributed by atoms with Gasteiger partial charge in [0, 0.05) is 0 Å². The van der Waals surface area contributed by atoms with Gasteiger partial charge in [-0.1, -0.05) is 47.7 Å². The third kappa shape index (κ3) is 4.67. The van der Waals surface area contributed by atoms with E-state index in [-0.39, 0.29) is 23.2 Å². The van der Waals surface area contributed by atoms with Crippen LogP contribution in [0.3, 0.4) is 0 Å². The fraction of sp³-hybridized carbons (Fsp3) is 0.160. The lowest BCUT2D eigenvalue weighted by molar-refractivity contribution is -0.138. The van der Waals surface area contributed by atoms with Crippen LogP contribution in [0.4, 0.5) is 13.2 Å². The number of nitrogens with zero attached hydrogens (tertiary/aromatic N) is 3. The van der Waals surface area contributed by atoms with Crippen molar-refractivity contribution in [3.63, 3.8) is 0 Å². The molecule has 1 heterocycles. The zero-order valence-electron chi connectivity index (χ0n) is 18.9. The predicted octanol–water partition coefficient (Wildman–Crippen LogP) is 4.33. The van der Waals surface area contributed by atoms with E-state index in [9.17, 15) is 27.6 Å². The van der Waals surface area contributed by atoms with Crippen LogP contribution in [0.15, 0.2) is 71.0 Å². The van der Waals surface area contributed by atoms with Crippen molar-refractivity contribution in [2.24, 2.45) is 21.8 Å². The fourth-order valence-corrected chi connectivity index (χ4v) is 4.10. The molecule has 0 saturated carbocycles. The number of benzene rings is 3. The van der Waals surface area contributed by atoms with Crippen molar-refractivity contribution in [3.05, 3.63) is 94.0 Å². The van der Waals surface area contributed by atoms with Crippen molar-refractivity contribution >= 4 is 17.7 Å². The molecule has 1 atom stereocenters. The van der Waals surface area contributed by atoms with Crippen LogP contribution in [0, 0.1) is 6.92 Å². The van der Waals surface area contributed by atoms with E-state index in [1.165, 1.54) is 18.2 Å². The minimum absolute atomic E-state index is 0.00665. The number of rotatable bonds is 6. The van der Waals surface area contributed by atoms with Gasteiger partial charge in [-0.15, -0.1) is 0 Å². The summed E-state index contributed by atoms with van der Waals surface area (Å²) in [7, 11) is 0. The number of carbonyl (C=O) groups is 3. The molecule has 0 saturated heterocycles. The largest absolute Gasteiger partial charge is 0.416 e. The Morgan fingerprint density at radius 3 is 2.33 bits per heavy atom. The molecule has 36 heavy (non-hydrogen) atoms. The standard InChI is InChI=1S/C25H20F3N5O3/c1-13-10-14(8-9-17(13)18-6-3-7-19(22(29)34)20(18)23(30)35)12-33-24(36)21(31-32-33)15-4-2-5-16(11-15)25(26,27)28/h2-11,21H,12H2,1H3,(H2,29,34)(H2,30,35). The highest BCUT2D eigenvalue weighted by Crippen LogP contribution is 2.34. The molecule has 1 aliphatic heterocycles. The quantitative estimate of drug-likeness (QED) is 0.528. The van der Waals surface area contributed by atoms with Gasteiger partial charge < -0.3 is 11.5 Å². The smallest absolute Gasteiger partial charge is 0.366 e. The molecule has 8 nitrogen and oxygen atoms in total. The molecule has 184 valence electrons. The Balaban J connectivity index is 1.57. The van der Waals surface area contributed by atoms with Gasteiger partial charge in [-0.05, 0) is 52.9 Å². The van der Waals surface area contributed by atoms with Gasteiger partial charge >= 0.3 is 6.18 Å². The maximum atomic E-state index is 13.0. The third-order valence-electron chi connectivity index (χ3n) is 5.78. The first-order valence-corrected chi connectivity index (χ1v) is 10.7. The lowest BCUT2D eigenvalue weighted by Crippen LogP contribution is -2.24. The number of aryl methyl sites for hydroxylation is 1. The average Bonchev–Trinajstić information content (AvgIpc) is 3.18. The molecule has 1 unspecified atom stereocenters. The number of halogens is 3. The topological polar surface area (TPSA) is 131 Å². The first-order chi connectivity index (χ1) is 17.0. The maximum Gasteiger partial charge on any atom is 0.416 e. The van der Waals surface area contributed by atoms with Crippen molar-refractivity contribution < 1.29 is 27.6 Å². The number of hydrogen-bond acceptors (Lipinski definition) is 5. The molecule has 0 fully saturated rings.